The molecule has 0 heterocycles. The number of nitrogens with one attached hydrogen (secondary N) is 2. The summed E-state index contributed by atoms with van der Waals surface area (Å²) in [6.07, 6.45) is 0. The lowest BCUT2D eigenvalue weighted by atomic mass is 10.1. The predicted octanol–water partition coefficient (Wildman–Crippen LogP) is 1.77. The van der Waals surface area contributed by atoms with Gasteiger partial charge < -0.3 is 15.4 Å². The van der Waals surface area contributed by atoms with Crippen LogP contribution in [-0.2, 0) is 15.3 Å². The molecule has 24 heavy (non-hydrogen) atoms. The van der Waals surface area contributed by atoms with Gasteiger partial charge in [-0.3, -0.25) is 14.4 Å². The van der Waals surface area contributed by atoms with Crippen molar-refractivity contribution in [3.63, 3.8) is 0 Å². The van der Waals surface area contributed by atoms with E-state index in [4.69, 9.17) is 4.74 Å². The number of thioether (sulfide) groups is 1. The molecule has 132 valence electrons. The van der Waals surface area contributed by atoms with Crippen molar-refractivity contribution >= 4 is 29.4 Å². The Bertz CT molecular complexity index is 604. The zero-order valence-electron chi connectivity index (χ0n) is 14.5. The van der Waals surface area contributed by atoms with Crippen molar-refractivity contribution in [1.29, 1.82) is 0 Å². The fraction of sp³-hybridized carbons (Fsp3) is 0.471. The van der Waals surface area contributed by atoms with Crippen molar-refractivity contribution in [3.8, 4) is 5.75 Å². The second kappa shape index (κ2) is 9.97. The van der Waals surface area contributed by atoms with Crippen molar-refractivity contribution in [3.05, 3.63) is 29.3 Å². The van der Waals surface area contributed by atoms with E-state index in [1.165, 1.54) is 18.7 Å². The van der Waals surface area contributed by atoms with E-state index in [1.807, 2.05) is 6.92 Å². The third-order valence-electron chi connectivity index (χ3n) is 3.30. The number of benzene rings is 1. The largest absolute Gasteiger partial charge is 0.496 e. The van der Waals surface area contributed by atoms with Crippen LogP contribution >= 0.6 is 11.8 Å². The molecular weight excluding hydrogens is 328 g/mol. The van der Waals surface area contributed by atoms with E-state index in [0.29, 0.717) is 23.6 Å². The molecule has 6 nitrogen and oxygen atoms in total. The fourth-order valence-electron chi connectivity index (χ4n) is 2.04. The highest BCUT2D eigenvalue weighted by Gasteiger charge is 2.15. The van der Waals surface area contributed by atoms with Gasteiger partial charge in [0.1, 0.15) is 11.8 Å². The molecule has 2 amide bonds. The maximum atomic E-state index is 11.9. The van der Waals surface area contributed by atoms with Crippen LogP contribution in [0.25, 0.3) is 0 Å². The summed E-state index contributed by atoms with van der Waals surface area (Å²) in [6, 6.07) is 4.69. The summed E-state index contributed by atoms with van der Waals surface area (Å²) in [6.45, 7) is 5.51. The maximum Gasteiger partial charge on any atom is 0.242 e. The van der Waals surface area contributed by atoms with E-state index in [0.717, 1.165) is 5.56 Å². The molecule has 1 rings (SSSR count). The van der Waals surface area contributed by atoms with E-state index >= 15 is 0 Å². The summed E-state index contributed by atoms with van der Waals surface area (Å²) < 4.78 is 5.28. The SMILES string of the molecule is CCNC(=O)[C@@H](C)NC(=O)CSCc1cc(C(C)=O)ccc1OC. The van der Waals surface area contributed by atoms with E-state index < -0.39 is 6.04 Å². The molecule has 0 aromatic heterocycles. The molecule has 0 saturated carbocycles. The van der Waals surface area contributed by atoms with Gasteiger partial charge in [-0.05, 0) is 39.0 Å². The van der Waals surface area contributed by atoms with E-state index in [-0.39, 0.29) is 23.4 Å². The number of amides is 2. The van der Waals surface area contributed by atoms with Crippen LogP contribution in [-0.4, -0.2) is 43.0 Å². The highest BCUT2D eigenvalue weighted by atomic mass is 32.2. The second-order valence-electron chi connectivity index (χ2n) is 5.26. The molecule has 0 unspecified atom stereocenters. The van der Waals surface area contributed by atoms with Crippen molar-refractivity contribution in [2.24, 2.45) is 0 Å². The lowest BCUT2D eigenvalue weighted by Gasteiger charge is -2.13. The topological polar surface area (TPSA) is 84.5 Å². The first-order chi connectivity index (χ1) is 11.4. The number of likely N-dealkylation sites (N-methyl/N-ethyl adjacent to an activating group) is 1. The van der Waals surface area contributed by atoms with Crippen LogP contribution in [0.15, 0.2) is 18.2 Å². The molecule has 0 radical (unpaired) electrons. The van der Waals surface area contributed by atoms with Crippen LogP contribution in [0.3, 0.4) is 0 Å². The van der Waals surface area contributed by atoms with Crippen LogP contribution in [0.2, 0.25) is 0 Å². The molecule has 0 fully saturated rings. The zero-order valence-corrected chi connectivity index (χ0v) is 15.3. The third kappa shape index (κ3) is 6.23. The smallest absolute Gasteiger partial charge is 0.242 e. The lowest BCUT2D eigenvalue weighted by Crippen LogP contribution is -2.45. The first kappa shape index (κ1) is 20.0. The molecule has 0 aliphatic rings. The number of carbonyl (C=O) groups is 3. The van der Waals surface area contributed by atoms with Crippen LogP contribution in [0.4, 0.5) is 0 Å². The summed E-state index contributed by atoms with van der Waals surface area (Å²) >= 11 is 1.40. The van der Waals surface area contributed by atoms with Gasteiger partial charge >= 0.3 is 0 Å². The van der Waals surface area contributed by atoms with Crippen LogP contribution < -0.4 is 15.4 Å². The van der Waals surface area contributed by atoms with E-state index in [2.05, 4.69) is 10.6 Å². The van der Waals surface area contributed by atoms with E-state index in [9.17, 15) is 14.4 Å². The average Bonchev–Trinajstić information content (AvgIpc) is 2.54. The number of ether oxygens (including phenoxy) is 1. The number of hydrogen-bond donors (Lipinski definition) is 2. The van der Waals surface area contributed by atoms with E-state index in [1.54, 1.807) is 32.2 Å². The molecule has 1 atom stereocenters. The Hall–Kier alpha value is -2.02. The molecule has 0 aliphatic heterocycles. The number of carbonyl (C=O) groups excluding carboxylic acids is 3. The monoisotopic (exact) mass is 352 g/mol. The van der Waals surface area contributed by atoms with Gasteiger partial charge in [0.25, 0.3) is 0 Å². The van der Waals surface area contributed by atoms with Gasteiger partial charge in [-0.15, -0.1) is 11.8 Å². The van der Waals surface area contributed by atoms with Crippen LogP contribution in [0.1, 0.15) is 36.7 Å². The summed E-state index contributed by atoms with van der Waals surface area (Å²) in [4.78, 5) is 34.9. The predicted molar refractivity (Wildman–Crippen MR) is 95.4 cm³/mol. The third-order valence-corrected chi connectivity index (χ3v) is 4.28. The van der Waals surface area contributed by atoms with Crippen molar-refractivity contribution in [1.82, 2.24) is 10.6 Å². The lowest BCUT2D eigenvalue weighted by molar-refractivity contribution is -0.127. The summed E-state index contributed by atoms with van der Waals surface area (Å²) in [5.41, 5.74) is 1.47. The molecule has 0 saturated heterocycles. The average molecular weight is 352 g/mol. The van der Waals surface area contributed by atoms with Gasteiger partial charge in [0.05, 0.1) is 12.9 Å². The van der Waals surface area contributed by atoms with Gasteiger partial charge in [0.2, 0.25) is 11.8 Å². The molecule has 0 aliphatic carbocycles. The summed E-state index contributed by atoms with van der Waals surface area (Å²) in [5, 5.41) is 5.31. The Balaban J connectivity index is 2.55. The number of methoxy groups -OCH3 is 1. The van der Waals surface area contributed by atoms with Crippen molar-refractivity contribution in [2.45, 2.75) is 32.6 Å². The van der Waals surface area contributed by atoms with Crippen molar-refractivity contribution in [2.75, 3.05) is 19.4 Å². The van der Waals surface area contributed by atoms with Gasteiger partial charge in [0, 0.05) is 23.4 Å². The van der Waals surface area contributed by atoms with Crippen LogP contribution in [0.5, 0.6) is 5.75 Å². The Labute approximate surface area is 146 Å². The zero-order chi connectivity index (χ0) is 18.1. The number of hydrogen-bond acceptors (Lipinski definition) is 5. The van der Waals surface area contributed by atoms with Crippen LogP contribution in [0, 0.1) is 0 Å². The van der Waals surface area contributed by atoms with Gasteiger partial charge in [0.15, 0.2) is 5.78 Å². The first-order valence-electron chi connectivity index (χ1n) is 7.71. The molecule has 1 aromatic carbocycles. The minimum Gasteiger partial charge on any atom is -0.496 e. The van der Waals surface area contributed by atoms with Gasteiger partial charge in [-0.1, -0.05) is 0 Å². The molecule has 7 heteroatoms. The highest BCUT2D eigenvalue weighted by Crippen LogP contribution is 2.24. The first-order valence-corrected chi connectivity index (χ1v) is 8.87. The molecule has 0 spiro atoms. The van der Waals surface area contributed by atoms with Gasteiger partial charge in [-0.2, -0.15) is 0 Å². The highest BCUT2D eigenvalue weighted by molar-refractivity contribution is 7.99. The number of rotatable bonds is 9. The molecule has 2 N–H and O–H groups in total. The minimum atomic E-state index is -0.561. The Kier molecular flexibility index (Phi) is 8.32. The number of Topliss-reactive ketones (excluding diaryl/α,β-unsaturated/α-hetero) is 1. The second-order valence-corrected chi connectivity index (χ2v) is 6.24. The molecular formula is C17H24N2O4S. The Morgan fingerprint density at radius 3 is 2.58 bits per heavy atom. The fourth-order valence-corrected chi connectivity index (χ4v) is 2.86. The maximum absolute atomic E-state index is 11.9. The van der Waals surface area contributed by atoms with Gasteiger partial charge in [-0.25, -0.2) is 0 Å². The Morgan fingerprint density at radius 1 is 1.29 bits per heavy atom. The van der Waals surface area contributed by atoms with Crippen molar-refractivity contribution < 1.29 is 19.1 Å². The standard InChI is InChI=1S/C17H24N2O4S/c1-5-18-17(22)11(2)19-16(21)10-24-9-14-8-13(12(3)20)6-7-15(14)23-4/h6-8,11H,5,9-10H2,1-4H3,(H,18,22)(H,19,21)/t11-/m1/s1. The molecule has 0 bridgehead atoms. The summed E-state index contributed by atoms with van der Waals surface area (Å²) in [5.74, 6) is 1.01. The Morgan fingerprint density at radius 2 is 2.00 bits per heavy atom. The summed E-state index contributed by atoms with van der Waals surface area (Å²) in [7, 11) is 1.57. The quantitative estimate of drug-likeness (QED) is 0.662. The molecule has 1 aromatic rings. The number of ketones is 1. The normalized spacial score (nSPS) is 11.5. The minimum absolute atomic E-state index is 0.0163.